The minimum Gasteiger partial charge on any atom is -0.462 e. The zero-order valence-corrected chi connectivity index (χ0v) is 19.7. The van der Waals surface area contributed by atoms with E-state index in [1.54, 1.807) is 55.4 Å². The fourth-order valence-electron chi connectivity index (χ4n) is 2.51. The van der Waals surface area contributed by atoms with E-state index in [2.05, 4.69) is 10.1 Å². The van der Waals surface area contributed by atoms with Crippen molar-refractivity contribution in [3.63, 3.8) is 0 Å². The van der Waals surface area contributed by atoms with Crippen LogP contribution in [0, 0.1) is 6.92 Å². The van der Waals surface area contributed by atoms with Gasteiger partial charge in [0.2, 0.25) is 0 Å². The number of imide groups is 1. The van der Waals surface area contributed by atoms with E-state index < -0.39 is 29.4 Å². The summed E-state index contributed by atoms with van der Waals surface area (Å²) in [5.41, 5.74) is -1.51. The number of nitrogens with zero attached hydrogens (tertiary/aromatic N) is 4. The SMILES string of the molecule is CCOC(=O)c1cnn2c(N(C(=O)OC(C)(C)C)C(=O)OC(C)(C)C)c(C)c(Cl)nc12. The van der Waals surface area contributed by atoms with Crippen LogP contribution in [-0.2, 0) is 14.2 Å². The predicted octanol–water partition coefficient (Wildman–Crippen LogP) is 4.54. The number of ether oxygens (including phenoxy) is 3. The van der Waals surface area contributed by atoms with Crippen molar-refractivity contribution in [3.8, 4) is 0 Å². The lowest BCUT2D eigenvalue weighted by Gasteiger charge is -2.29. The van der Waals surface area contributed by atoms with Crippen LogP contribution >= 0.6 is 11.6 Å². The molecule has 0 aliphatic heterocycles. The summed E-state index contributed by atoms with van der Waals surface area (Å²) in [6, 6.07) is 0. The highest BCUT2D eigenvalue weighted by Crippen LogP contribution is 2.30. The molecule has 0 unspecified atom stereocenters. The summed E-state index contributed by atoms with van der Waals surface area (Å²) in [5.74, 6) is -0.731. The standard InChI is InChI=1S/C20H27ClN4O6/c1-9-29-16(26)12-10-22-25-14(12)23-13(21)11(2)15(25)24(17(27)30-19(3,4)5)18(28)31-20(6,7)8/h10H,9H2,1-8H3. The number of halogens is 1. The maximum Gasteiger partial charge on any atom is 0.425 e. The summed E-state index contributed by atoms with van der Waals surface area (Å²) in [7, 11) is 0. The number of esters is 1. The Morgan fingerprint density at radius 3 is 2.03 bits per heavy atom. The molecular weight excluding hydrogens is 428 g/mol. The highest BCUT2D eigenvalue weighted by Gasteiger charge is 2.37. The Labute approximate surface area is 185 Å². The van der Waals surface area contributed by atoms with Crippen molar-refractivity contribution in [1.29, 1.82) is 0 Å². The lowest BCUT2D eigenvalue weighted by atomic mass is 10.2. The van der Waals surface area contributed by atoms with E-state index in [1.165, 1.54) is 6.20 Å². The summed E-state index contributed by atoms with van der Waals surface area (Å²) in [6.45, 7) is 13.3. The third-order valence-corrected chi connectivity index (χ3v) is 4.02. The zero-order chi connectivity index (χ0) is 23.7. The summed E-state index contributed by atoms with van der Waals surface area (Å²) in [4.78, 5) is 43.2. The summed E-state index contributed by atoms with van der Waals surface area (Å²) in [5, 5.41) is 4.10. The molecule has 2 heterocycles. The van der Waals surface area contributed by atoms with Crippen molar-refractivity contribution in [2.45, 2.75) is 66.6 Å². The molecular formula is C20H27ClN4O6. The molecule has 0 radical (unpaired) electrons. The van der Waals surface area contributed by atoms with Crippen LogP contribution in [-0.4, -0.2) is 50.6 Å². The number of aromatic nitrogens is 3. The van der Waals surface area contributed by atoms with Gasteiger partial charge in [-0.3, -0.25) is 0 Å². The van der Waals surface area contributed by atoms with Crippen LogP contribution in [0.25, 0.3) is 5.65 Å². The quantitative estimate of drug-likeness (QED) is 0.377. The summed E-state index contributed by atoms with van der Waals surface area (Å²) < 4.78 is 17.0. The number of rotatable bonds is 3. The van der Waals surface area contributed by atoms with Gasteiger partial charge < -0.3 is 14.2 Å². The normalized spacial score (nSPS) is 11.9. The molecule has 0 aromatic carbocycles. The molecule has 0 saturated carbocycles. The molecule has 0 N–H and O–H groups in total. The van der Waals surface area contributed by atoms with E-state index >= 15 is 0 Å². The summed E-state index contributed by atoms with van der Waals surface area (Å²) in [6.07, 6.45) is -0.773. The van der Waals surface area contributed by atoms with Gasteiger partial charge in [0.25, 0.3) is 0 Å². The molecule has 0 fully saturated rings. The van der Waals surface area contributed by atoms with Gasteiger partial charge in [0.1, 0.15) is 21.9 Å². The first-order chi connectivity index (χ1) is 14.2. The van der Waals surface area contributed by atoms with Gasteiger partial charge in [0, 0.05) is 5.56 Å². The Morgan fingerprint density at radius 2 is 1.58 bits per heavy atom. The minimum absolute atomic E-state index is 0.0150. The van der Waals surface area contributed by atoms with Gasteiger partial charge in [-0.05, 0) is 55.4 Å². The molecule has 0 aliphatic rings. The lowest BCUT2D eigenvalue weighted by molar-refractivity contribution is 0.0426. The van der Waals surface area contributed by atoms with Gasteiger partial charge in [0.15, 0.2) is 11.5 Å². The Balaban J connectivity index is 2.76. The van der Waals surface area contributed by atoms with Gasteiger partial charge in [-0.15, -0.1) is 0 Å². The van der Waals surface area contributed by atoms with Crippen LogP contribution in [0.2, 0.25) is 5.15 Å². The van der Waals surface area contributed by atoms with Crippen molar-refractivity contribution in [1.82, 2.24) is 14.6 Å². The number of anilines is 1. The largest absolute Gasteiger partial charge is 0.462 e. The zero-order valence-electron chi connectivity index (χ0n) is 18.9. The molecule has 11 heteroatoms. The van der Waals surface area contributed by atoms with Crippen LogP contribution in [0.1, 0.15) is 64.4 Å². The molecule has 2 rings (SSSR count). The van der Waals surface area contributed by atoms with Gasteiger partial charge in [-0.2, -0.15) is 14.5 Å². The van der Waals surface area contributed by atoms with Gasteiger partial charge >= 0.3 is 18.2 Å². The van der Waals surface area contributed by atoms with Crippen LogP contribution < -0.4 is 4.90 Å². The molecule has 0 aliphatic carbocycles. The maximum atomic E-state index is 13.0. The van der Waals surface area contributed by atoms with Crippen molar-refractivity contribution >= 4 is 41.2 Å². The molecule has 0 saturated heterocycles. The fraction of sp³-hybridized carbons (Fsp3) is 0.550. The van der Waals surface area contributed by atoms with Crippen LogP contribution in [0.15, 0.2) is 6.20 Å². The molecule has 0 spiro atoms. The van der Waals surface area contributed by atoms with Gasteiger partial charge in [-0.1, -0.05) is 11.6 Å². The summed E-state index contributed by atoms with van der Waals surface area (Å²) >= 11 is 6.29. The first kappa shape index (κ1) is 24.4. The number of fused-ring (bicyclic) bond motifs is 1. The fourth-order valence-corrected chi connectivity index (χ4v) is 2.67. The first-order valence-corrected chi connectivity index (χ1v) is 10.0. The van der Waals surface area contributed by atoms with E-state index in [4.69, 9.17) is 25.8 Å². The van der Waals surface area contributed by atoms with Crippen molar-refractivity contribution in [2.75, 3.05) is 11.5 Å². The van der Waals surface area contributed by atoms with Crippen molar-refractivity contribution in [2.24, 2.45) is 0 Å². The lowest BCUT2D eigenvalue weighted by Crippen LogP contribution is -2.45. The topological polar surface area (TPSA) is 112 Å². The van der Waals surface area contributed by atoms with Crippen LogP contribution in [0.5, 0.6) is 0 Å². The molecule has 2 amide bonds. The van der Waals surface area contributed by atoms with E-state index in [0.29, 0.717) is 4.90 Å². The smallest absolute Gasteiger partial charge is 0.425 e. The van der Waals surface area contributed by atoms with E-state index in [1.807, 2.05) is 0 Å². The van der Waals surface area contributed by atoms with Gasteiger partial charge in [0.05, 0.1) is 12.8 Å². The number of carbonyl (C=O) groups is 3. The minimum atomic E-state index is -0.999. The van der Waals surface area contributed by atoms with E-state index in [-0.39, 0.29) is 34.4 Å². The molecule has 170 valence electrons. The highest BCUT2D eigenvalue weighted by molar-refractivity contribution is 6.31. The Kier molecular flexibility index (Phi) is 6.84. The molecule has 0 bridgehead atoms. The molecule has 0 atom stereocenters. The monoisotopic (exact) mass is 454 g/mol. The van der Waals surface area contributed by atoms with Crippen LogP contribution in [0.3, 0.4) is 0 Å². The molecule has 2 aromatic heterocycles. The Hall–Kier alpha value is -2.88. The number of hydrogen-bond donors (Lipinski definition) is 0. The van der Waals surface area contributed by atoms with E-state index in [0.717, 1.165) is 4.52 Å². The Bertz CT molecular complexity index is 991. The highest BCUT2D eigenvalue weighted by atomic mass is 35.5. The van der Waals surface area contributed by atoms with Crippen molar-refractivity contribution in [3.05, 3.63) is 22.5 Å². The third kappa shape index (κ3) is 5.63. The van der Waals surface area contributed by atoms with Gasteiger partial charge in [-0.25, -0.2) is 19.4 Å². The number of amides is 2. The average molecular weight is 455 g/mol. The number of carbonyl (C=O) groups excluding carboxylic acids is 3. The third-order valence-electron chi connectivity index (χ3n) is 3.65. The van der Waals surface area contributed by atoms with Crippen LogP contribution in [0.4, 0.5) is 15.4 Å². The Morgan fingerprint density at radius 1 is 1.06 bits per heavy atom. The number of hydrogen-bond acceptors (Lipinski definition) is 8. The second kappa shape index (κ2) is 8.70. The maximum absolute atomic E-state index is 13.0. The second-order valence-electron chi connectivity index (χ2n) is 8.66. The second-order valence-corrected chi connectivity index (χ2v) is 9.02. The van der Waals surface area contributed by atoms with Crippen molar-refractivity contribution < 1.29 is 28.6 Å². The molecule has 31 heavy (non-hydrogen) atoms. The predicted molar refractivity (Wildman–Crippen MR) is 114 cm³/mol. The molecule has 2 aromatic rings. The average Bonchev–Trinajstić information content (AvgIpc) is 2.98. The first-order valence-electron chi connectivity index (χ1n) is 9.63. The molecule has 10 nitrogen and oxygen atoms in total. The van der Waals surface area contributed by atoms with E-state index in [9.17, 15) is 14.4 Å².